The van der Waals surface area contributed by atoms with Gasteiger partial charge in [-0.3, -0.25) is 14.9 Å². The third-order valence-electron chi connectivity index (χ3n) is 3.31. The van der Waals surface area contributed by atoms with Crippen molar-refractivity contribution in [3.63, 3.8) is 0 Å². The molecule has 0 spiro atoms. The number of aromatic hydroxyl groups is 1. The number of hydrogen-bond acceptors (Lipinski definition) is 7. The fourth-order valence-corrected chi connectivity index (χ4v) is 2.07. The van der Waals surface area contributed by atoms with E-state index < -0.39 is 22.3 Å². The standard InChI is InChI=1S/C17H17N3O6/c1-3-26-15-9-11(8-14(16(15)21)20(23)24)10-18-19-17(22)12-4-6-13(25-2)7-5-12/h4-10,21H,3H2,1-2H3,(H,19,22)/b18-10-. The maximum Gasteiger partial charge on any atom is 0.315 e. The number of nitro benzene ring substituents is 1. The number of carbonyl (C=O) groups is 1. The molecule has 0 aliphatic rings. The summed E-state index contributed by atoms with van der Waals surface area (Å²) in [6, 6.07) is 8.92. The van der Waals surface area contributed by atoms with E-state index in [2.05, 4.69) is 10.5 Å². The van der Waals surface area contributed by atoms with Gasteiger partial charge in [-0.2, -0.15) is 5.10 Å². The lowest BCUT2D eigenvalue weighted by atomic mass is 10.2. The van der Waals surface area contributed by atoms with Crippen molar-refractivity contribution in [3.8, 4) is 17.2 Å². The van der Waals surface area contributed by atoms with Crippen LogP contribution in [0.2, 0.25) is 0 Å². The summed E-state index contributed by atoms with van der Waals surface area (Å²) in [6.07, 6.45) is 1.22. The molecule has 2 aromatic rings. The second kappa shape index (κ2) is 8.47. The largest absolute Gasteiger partial charge is 0.500 e. The van der Waals surface area contributed by atoms with Gasteiger partial charge in [0.15, 0.2) is 5.75 Å². The Hall–Kier alpha value is -3.62. The average molecular weight is 359 g/mol. The van der Waals surface area contributed by atoms with Crippen molar-refractivity contribution >= 4 is 17.8 Å². The Kier molecular flexibility index (Phi) is 6.10. The van der Waals surface area contributed by atoms with Gasteiger partial charge in [0.05, 0.1) is 24.9 Å². The molecule has 0 aromatic heterocycles. The van der Waals surface area contributed by atoms with Crippen LogP contribution in [-0.2, 0) is 0 Å². The zero-order chi connectivity index (χ0) is 19.1. The number of amides is 1. The SMILES string of the molecule is CCOc1cc(/C=N\NC(=O)c2ccc(OC)cc2)cc([N+](=O)[O-])c1O. The molecule has 0 saturated heterocycles. The van der Waals surface area contributed by atoms with Gasteiger partial charge >= 0.3 is 5.69 Å². The van der Waals surface area contributed by atoms with E-state index in [-0.39, 0.29) is 17.9 Å². The predicted octanol–water partition coefficient (Wildman–Crippen LogP) is 2.47. The summed E-state index contributed by atoms with van der Waals surface area (Å²) in [6.45, 7) is 1.90. The number of phenolic OH excluding ortho intramolecular Hbond substituents is 1. The summed E-state index contributed by atoms with van der Waals surface area (Å²) in [5, 5.41) is 24.6. The lowest BCUT2D eigenvalue weighted by molar-refractivity contribution is -0.386. The predicted molar refractivity (Wildman–Crippen MR) is 94.0 cm³/mol. The molecule has 0 aliphatic carbocycles. The van der Waals surface area contributed by atoms with Gasteiger partial charge in [0.2, 0.25) is 5.75 Å². The molecule has 1 amide bonds. The number of nitro groups is 1. The maximum atomic E-state index is 12.0. The normalized spacial score (nSPS) is 10.5. The molecule has 0 aliphatic heterocycles. The first kappa shape index (κ1) is 18.7. The summed E-state index contributed by atoms with van der Waals surface area (Å²) in [4.78, 5) is 22.3. The van der Waals surface area contributed by atoms with Crippen LogP contribution in [0.1, 0.15) is 22.8 Å². The fraction of sp³-hybridized carbons (Fsp3) is 0.176. The van der Waals surface area contributed by atoms with E-state index in [1.807, 2.05) is 0 Å². The zero-order valence-corrected chi connectivity index (χ0v) is 14.1. The van der Waals surface area contributed by atoms with Gasteiger partial charge < -0.3 is 14.6 Å². The van der Waals surface area contributed by atoms with Crippen LogP contribution in [0, 0.1) is 10.1 Å². The number of hydrogen-bond donors (Lipinski definition) is 2. The molecule has 0 unspecified atom stereocenters. The first-order valence-corrected chi connectivity index (χ1v) is 7.58. The maximum absolute atomic E-state index is 12.0. The smallest absolute Gasteiger partial charge is 0.315 e. The molecule has 9 heteroatoms. The number of carbonyl (C=O) groups excluding carboxylic acids is 1. The highest BCUT2D eigenvalue weighted by Gasteiger charge is 2.19. The quantitative estimate of drug-likeness (QED) is 0.445. The summed E-state index contributed by atoms with van der Waals surface area (Å²) >= 11 is 0. The molecule has 0 saturated carbocycles. The second-order valence-corrected chi connectivity index (χ2v) is 5.00. The van der Waals surface area contributed by atoms with Crippen molar-refractivity contribution in [1.82, 2.24) is 5.43 Å². The number of nitrogens with one attached hydrogen (secondary N) is 1. The third kappa shape index (κ3) is 4.47. The van der Waals surface area contributed by atoms with Gasteiger partial charge in [0, 0.05) is 17.2 Å². The molecule has 0 radical (unpaired) electrons. The summed E-state index contributed by atoms with van der Waals surface area (Å²) in [5.41, 5.74) is 2.46. The van der Waals surface area contributed by atoms with Crippen molar-refractivity contribution in [3.05, 3.63) is 57.6 Å². The number of hydrazone groups is 1. The van der Waals surface area contributed by atoms with Crippen LogP contribution in [0.15, 0.2) is 41.5 Å². The minimum Gasteiger partial charge on any atom is -0.500 e. The summed E-state index contributed by atoms with van der Waals surface area (Å²) in [7, 11) is 1.52. The molecular weight excluding hydrogens is 342 g/mol. The first-order valence-electron chi connectivity index (χ1n) is 7.58. The molecule has 9 nitrogen and oxygen atoms in total. The molecule has 0 heterocycles. The second-order valence-electron chi connectivity index (χ2n) is 5.00. The van der Waals surface area contributed by atoms with Gasteiger partial charge in [0.1, 0.15) is 5.75 Å². The number of rotatable bonds is 7. The van der Waals surface area contributed by atoms with Gasteiger partial charge in [0.25, 0.3) is 5.91 Å². The minimum atomic E-state index is -0.731. The molecular formula is C17H17N3O6. The molecule has 2 aromatic carbocycles. The molecule has 2 N–H and O–H groups in total. The Balaban J connectivity index is 2.15. The Bertz CT molecular complexity index is 833. The van der Waals surface area contributed by atoms with Crippen LogP contribution in [0.3, 0.4) is 0 Å². The van der Waals surface area contributed by atoms with E-state index in [0.29, 0.717) is 11.3 Å². The number of nitrogens with zero attached hydrogens (tertiary/aromatic N) is 2. The monoisotopic (exact) mass is 359 g/mol. The van der Waals surface area contributed by atoms with Gasteiger partial charge in [-0.15, -0.1) is 0 Å². The molecule has 26 heavy (non-hydrogen) atoms. The lowest BCUT2D eigenvalue weighted by Gasteiger charge is -2.07. The fourth-order valence-electron chi connectivity index (χ4n) is 2.07. The Morgan fingerprint density at radius 3 is 2.62 bits per heavy atom. The van der Waals surface area contributed by atoms with Crippen molar-refractivity contribution in [2.24, 2.45) is 5.10 Å². The Morgan fingerprint density at radius 2 is 2.04 bits per heavy atom. The Labute approximate surface area is 149 Å². The highest BCUT2D eigenvalue weighted by Crippen LogP contribution is 2.36. The minimum absolute atomic E-state index is 0.0374. The van der Waals surface area contributed by atoms with Crippen molar-refractivity contribution < 1.29 is 24.3 Å². The van der Waals surface area contributed by atoms with Gasteiger partial charge in [-0.25, -0.2) is 5.43 Å². The van der Waals surface area contributed by atoms with Crippen LogP contribution < -0.4 is 14.9 Å². The van der Waals surface area contributed by atoms with Crippen molar-refractivity contribution in [2.75, 3.05) is 13.7 Å². The van der Waals surface area contributed by atoms with Crippen molar-refractivity contribution in [2.45, 2.75) is 6.92 Å². The lowest BCUT2D eigenvalue weighted by Crippen LogP contribution is -2.17. The summed E-state index contributed by atoms with van der Waals surface area (Å²) in [5.74, 6) is -0.437. The third-order valence-corrected chi connectivity index (χ3v) is 3.31. The highest BCUT2D eigenvalue weighted by molar-refractivity contribution is 5.95. The van der Waals surface area contributed by atoms with Crippen LogP contribution in [0.25, 0.3) is 0 Å². The van der Waals surface area contributed by atoms with Crippen molar-refractivity contribution in [1.29, 1.82) is 0 Å². The molecule has 2 rings (SSSR count). The molecule has 0 atom stereocenters. The number of methoxy groups -OCH3 is 1. The van der Waals surface area contributed by atoms with E-state index in [4.69, 9.17) is 9.47 Å². The van der Waals surface area contributed by atoms with Crippen LogP contribution in [0.4, 0.5) is 5.69 Å². The average Bonchev–Trinajstić information content (AvgIpc) is 2.64. The zero-order valence-electron chi connectivity index (χ0n) is 14.1. The highest BCUT2D eigenvalue weighted by atomic mass is 16.6. The van der Waals surface area contributed by atoms with E-state index in [1.54, 1.807) is 31.2 Å². The van der Waals surface area contributed by atoms with Crippen LogP contribution in [0.5, 0.6) is 17.2 Å². The number of benzene rings is 2. The van der Waals surface area contributed by atoms with E-state index in [9.17, 15) is 20.0 Å². The van der Waals surface area contributed by atoms with E-state index in [1.165, 1.54) is 19.4 Å². The van der Waals surface area contributed by atoms with Gasteiger partial charge in [-0.05, 0) is 37.3 Å². The first-order chi connectivity index (χ1) is 12.5. The Morgan fingerprint density at radius 1 is 1.35 bits per heavy atom. The molecule has 136 valence electrons. The number of ether oxygens (including phenoxy) is 2. The summed E-state index contributed by atoms with van der Waals surface area (Å²) < 4.78 is 10.2. The molecule has 0 fully saturated rings. The van der Waals surface area contributed by atoms with E-state index in [0.717, 1.165) is 6.07 Å². The van der Waals surface area contributed by atoms with Crippen LogP contribution >= 0.6 is 0 Å². The van der Waals surface area contributed by atoms with Crippen LogP contribution in [-0.4, -0.2) is 35.9 Å². The number of phenols is 1. The van der Waals surface area contributed by atoms with E-state index >= 15 is 0 Å². The van der Waals surface area contributed by atoms with Gasteiger partial charge in [-0.1, -0.05) is 0 Å². The topological polar surface area (TPSA) is 123 Å². The molecule has 0 bridgehead atoms.